The Kier molecular flexibility index (Phi) is 28.6. The molecule has 0 atom stereocenters. The number of rotatable bonds is 25. The number of hydrogen-bond donors (Lipinski definition) is 2. The molecule has 42 heavy (non-hydrogen) atoms. The van der Waals surface area contributed by atoms with Crippen LogP contribution in [0.4, 0.5) is 0 Å². The Balaban J connectivity index is 0.00000840. The third-order valence-electron chi connectivity index (χ3n) is 7.99. The fraction of sp³-hybridized carbons (Fsp3) is 0.667. The molecule has 2 heterocycles. The Hall–Kier alpha value is -1.46. The van der Waals surface area contributed by atoms with E-state index in [0.717, 1.165) is 26.2 Å². The van der Waals surface area contributed by atoms with Gasteiger partial charge in [-0.05, 0) is 99.9 Å². The lowest BCUT2D eigenvalue weighted by atomic mass is 10.1. The highest BCUT2D eigenvalue weighted by atomic mass is 35.5. The first-order valence-electron chi connectivity index (χ1n) is 16.9. The summed E-state index contributed by atoms with van der Waals surface area (Å²) in [5, 5.41) is 0. The molecule has 0 aromatic rings. The molecule has 2 aliphatic heterocycles. The Bertz CT molecular complexity index is 702. The summed E-state index contributed by atoms with van der Waals surface area (Å²) in [7, 11) is 0. The van der Waals surface area contributed by atoms with Crippen molar-refractivity contribution in [2.24, 2.45) is 11.5 Å². The van der Waals surface area contributed by atoms with Gasteiger partial charge >= 0.3 is 0 Å². The summed E-state index contributed by atoms with van der Waals surface area (Å²) < 4.78 is 0. The van der Waals surface area contributed by atoms with Crippen LogP contribution >= 0.6 is 24.8 Å². The van der Waals surface area contributed by atoms with Gasteiger partial charge < -0.3 is 21.3 Å². The molecule has 0 unspecified atom stereocenters. The average Bonchev–Trinajstić information content (AvgIpc) is 2.98. The van der Waals surface area contributed by atoms with E-state index in [1.807, 2.05) is 0 Å². The van der Waals surface area contributed by atoms with Crippen LogP contribution in [0.3, 0.4) is 0 Å². The first kappa shape index (κ1) is 40.5. The normalized spacial score (nSPS) is 13.9. The van der Waals surface area contributed by atoms with E-state index in [2.05, 4.69) is 71.1 Å². The summed E-state index contributed by atoms with van der Waals surface area (Å²) in [6.45, 7) is 3.96. The molecule has 242 valence electrons. The lowest BCUT2D eigenvalue weighted by Crippen LogP contribution is -2.13. The molecular weight excluding hydrogens is 559 g/mol. The number of unbranched alkanes of at least 4 members (excludes halogenated alkanes) is 17. The summed E-state index contributed by atoms with van der Waals surface area (Å²) in [6, 6.07) is 0. The lowest BCUT2D eigenvalue weighted by molar-refractivity contribution is 0.451. The zero-order valence-electron chi connectivity index (χ0n) is 26.6. The van der Waals surface area contributed by atoms with Crippen LogP contribution in [0.2, 0.25) is 0 Å². The van der Waals surface area contributed by atoms with Gasteiger partial charge in [0, 0.05) is 37.9 Å². The second-order valence-corrected chi connectivity index (χ2v) is 11.7. The molecule has 4 nitrogen and oxygen atoms in total. The van der Waals surface area contributed by atoms with Gasteiger partial charge in [0.15, 0.2) is 0 Å². The third kappa shape index (κ3) is 22.1. The van der Waals surface area contributed by atoms with Gasteiger partial charge in [-0.2, -0.15) is 0 Å². The van der Waals surface area contributed by atoms with Crippen molar-refractivity contribution in [2.45, 2.75) is 128 Å². The molecule has 4 N–H and O–H groups in total. The van der Waals surface area contributed by atoms with Crippen molar-refractivity contribution in [1.82, 2.24) is 9.80 Å². The van der Waals surface area contributed by atoms with Crippen LogP contribution < -0.4 is 11.5 Å². The second kappa shape index (κ2) is 29.6. The monoisotopic (exact) mass is 622 g/mol. The van der Waals surface area contributed by atoms with Crippen molar-refractivity contribution < 1.29 is 0 Å². The summed E-state index contributed by atoms with van der Waals surface area (Å²) >= 11 is 0. The maximum Gasteiger partial charge on any atom is 0.0219 e. The molecule has 0 aromatic carbocycles. The quantitative estimate of drug-likeness (QED) is 0.0994. The average molecular weight is 624 g/mol. The Morgan fingerprint density at radius 1 is 0.405 bits per heavy atom. The van der Waals surface area contributed by atoms with Crippen LogP contribution in [0.15, 0.2) is 72.4 Å². The highest BCUT2D eigenvalue weighted by molar-refractivity contribution is 5.85. The van der Waals surface area contributed by atoms with Crippen LogP contribution in [0.1, 0.15) is 128 Å². The van der Waals surface area contributed by atoms with Crippen LogP contribution in [0.25, 0.3) is 0 Å². The Morgan fingerprint density at radius 3 is 1.02 bits per heavy atom. The van der Waals surface area contributed by atoms with Gasteiger partial charge in [-0.3, -0.25) is 0 Å². The van der Waals surface area contributed by atoms with E-state index in [9.17, 15) is 0 Å². The number of nitrogens with two attached hydrogens (primary N) is 2. The molecule has 0 radical (unpaired) electrons. The molecule has 2 aliphatic rings. The minimum atomic E-state index is 0. The van der Waals surface area contributed by atoms with Gasteiger partial charge in [0.2, 0.25) is 0 Å². The van der Waals surface area contributed by atoms with Crippen molar-refractivity contribution in [2.75, 3.05) is 26.2 Å². The fourth-order valence-electron chi connectivity index (χ4n) is 5.33. The maximum atomic E-state index is 5.56. The molecule has 0 spiro atoms. The lowest BCUT2D eigenvalue weighted by Gasteiger charge is -2.19. The molecular formula is C36H64Cl2N4. The molecule has 0 amide bonds. The van der Waals surface area contributed by atoms with E-state index in [-0.39, 0.29) is 24.8 Å². The van der Waals surface area contributed by atoms with Crippen molar-refractivity contribution in [1.29, 1.82) is 0 Å². The smallest absolute Gasteiger partial charge is 0.0219 e. The van der Waals surface area contributed by atoms with E-state index >= 15 is 0 Å². The summed E-state index contributed by atoms with van der Waals surface area (Å²) in [5.41, 5.74) is 13.8. The van der Waals surface area contributed by atoms with Crippen LogP contribution in [0, 0.1) is 0 Å². The van der Waals surface area contributed by atoms with E-state index < -0.39 is 0 Å². The largest absolute Gasteiger partial charge is 0.354 e. The van der Waals surface area contributed by atoms with E-state index in [1.165, 1.54) is 140 Å². The van der Waals surface area contributed by atoms with E-state index in [0.29, 0.717) is 0 Å². The van der Waals surface area contributed by atoms with Gasteiger partial charge in [-0.15, -0.1) is 24.8 Å². The minimum Gasteiger partial charge on any atom is -0.354 e. The van der Waals surface area contributed by atoms with Gasteiger partial charge in [0.25, 0.3) is 0 Å². The predicted molar refractivity (Wildman–Crippen MR) is 191 cm³/mol. The van der Waals surface area contributed by atoms with Crippen LogP contribution in [-0.4, -0.2) is 36.0 Å². The van der Waals surface area contributed by atoms with Crippen molar-refractivity contribution in [3.05, 3.63) is 72.4 Å². The standard InChI is InChI=1S/C36H62N4.2ClH/c37-27-17-11-5-3-9-15-21-35-23-31-39(32-24-35)29-19-13-7-1-2-8-14-20-30-40-33-25-36(26-34-40)22-16-10-4-6-12-18-28-38;;/h21-26,31-34H,1-20,27-30,37-38H2;2*1H. The van der Waals surface area contributed by atoms with Gasteiger partial charge in [0.1, 0.15) is 0 Å². The number of hydrogen-bond acceptors (Lipinski definition) is 4. The van der Waals surface area contributed by atoms with Crippen LogP contribution in [0.5, 0.6) is 0 Å². The summed E-state index contributed by atoms with van der Waals surface area (Å²) in [6.07, 6.45) is 48.8. The Morgan fingerprint density at radius 2 is 0.690 bits per heavy atom. The number of nitrogens with zero attached hydrogens (tertiary/aromatic N) is 2. The predicted octanol–water partition coefficient (Wildman–Crippen LogP) is 10.1. The van der Waals surface area contributed by atoms with Gasteiger partial charge in [-0.1, -0.05) is 89.2 Å². The van der Waals surface area contributed by atoms with Gasteiger partial charge in [-0.25, -0.2) is 0 Å². The number of halogens is 2. The maximum absolute atomic E-state index is 5.56. The molecule has 0 saturated heterocycles. The number of allylic oxidation sites excluding steroid dienone is 8. The van der Waals surface area contributed by atoms with E-state index in [4.69, 9.17) is 11.5 Å². The minimum absolute atomic E-state index is 0. The van der Waals surface area contributed by atoms with Gasteiger partial charge in [0.05, 0.1) is 0 Å². The highest BCUT2D eigenvalue weighted by Crippen LogP contribution is 2.16. The zero-order valence-corrected chi connectivity index (χ0v) is 28.2. The molecule has 0 saturated carbocycles. The SMILES string of the molecule is Cl.Cl.NCCCCCCCC=C1C=CN(CCCCCCCCCCN2C=CC(=CCCCCCCCN)C=C2)C=C1. The zero-order chi connectivity index (χ0) is 28.4. The summed E-state index contributed by atoms with van der Waals surface area (Å²) in [4.78, 5) is 4.69. The van der Waals surface area contributed by atoms with Crippen LogP contribution in [-0.2, 0) is 0 Å². The first-order chi connectivity index (χ1) is 19.8. The molecule has 6 heteroatoms. The van der Waals surface area contributed by atoms with Crippen molar-refractivity contribution >= 4 is 24.8 Å². The Labute approximate surface area is 272 Å². The fourth-order valence-corrected chi connectivity index (χ4v) is 5.33. The third-order valence-corrected chi connectivity index (χ3v) is 7.99. The van der Waals surface area contributed by atoms with Crippen molar-refractivity contribution in [3.8, 4) is 0 Å². The molecule has 0 bridgehead atoms. The molecule has 2 rings (SSSR count). The highest BCUT2D eigenvalue weighted by Gasteiger charge is 2.03. The molecule has 0 fully saturated rings. The first-order valence-corrected chi connectivity index (χ1v) is 16.9. The molecule has 0 aliphatic carbocycles. The second-order valence-electron chi connectivity index (χ2n) is 11.7. The topological polar surface area (TPSA) is 58.5 Å². The summed E-state index contributed by atoms with van der Waals surface area (Å²) in [5.74, 6) is 0. The van der Waals surface area contributed by atoms with E-state index in [1.54, 1.807) is 0 Å². The molecule has 0 aromatic heterocycles. The van der Waals surface area contributed by atoms with Crippen molar-refractivity contribution in [3.63, 3.8) is 0 Å².